The van der Waals surface area contributed by atoms with Crippen LogP contribution in [0, 0.1) is 5.82 Å². The van der Waals surface area contributed by atoms with Gasteiger partial charge < -0.3 is 19.5 Å². The number of carbonyl (C=O) groups excluding carboxylic acids is 2. The lowest BCUT2D eigenvalue weighted by atomic mass is 9.95. The molecule has 1 aliphatic rings. The molecule has 29 heavy (non-hydrogen) atoms. The average Bonchev–Trinajstić information content (AvgIpc) is 2.99. The molecule has 1 N–H and O–H groups in total. The van der Waals surface area contributed by atoms with Crippen molar-refractivity contribution in [2.45, 2.75) is 12.5 Å². The zero-order valence-electron chi connectivity index (χ0n) is 16.2. The summed E-state index contributed by atoms with van der Waals surface area (Å²) in [5, 5.41) is 10.8. The van der Waals surface area contributed by atoms with Crippen LogP contribution in [0.25, 0.3) is 5.76 Å². The lowest BCUT2D eigenvalue weighted by Crippen LogP contribution is -2.31. The van der Waals surface area contributed by atoms with Crippen LogP contribution in [0.15, 0.2) is 54.1 Å². The number of halogens is 1. The van der Waals surface area contributed by atoms with E-state index in [-0.39, 0.29) is 23.4 Å². The normalized spacial score (nSPS) is 18.3. The highest BCUT2D eigenvalue weighted by atomic mass is 19.1. The summed E-state index contributed by atoms with van der Waals surface area (Å²) in [6.07, 6.45) is 0.528. The molecule has 7 heteroatoms. The van der Waals surface area contributed by atoms with Crippen LogP contribution < -0.4 is 4.74 Å². The predicted octanol–water partition coefficient (Wildman–Crippen LogP) is 3.29. The largest absolute Gasteiger partial charge is 0.507 e. The molecule has 1 atom stereocenters. The second kappa shape index (κ2) is 8.87. The number of rotatable bonds is 7. The number of hydrogen-bond acceptors (Lipinski definition) is 5. The number of carbonyl (C=O) groups is 2. The molecule has 3 rings (SSSR count). The summed E-state index contributed by atoms with van der Waals surface area (Å²) in [5.41, 5.74) is 0.853. The second-order valence-corrected chi connectivity index (χ2v) is 6.62. The van der Waals surface area contributed by atoms with E-state index in [0.717, 1.165) is 0 Å². The lowest BCUT2D eigenvalue weighted by Gasteiger charge is -2.25. The van der Waals surface area contributed by atoms with Gasteiger partial charge >= 0.3 is 0 Å². The molecule has 0 bridgehead atoms. The third-order valence-electron chi connectivity index (χ3n) is 4.81. The summed E-state index contributed by atoms with van der Waals surface area (Å²) >= 11 is 0. The molecule has 0 aliphatic carbocycles. The molecule has 0 unspecified atom stereocenters. The molecule has 2 aromatic carbocycles. The van der Waals surface area contributed by atoms with Crippen molar-refractivity contribution in [3.05, 3.63) is 71.0 Å². The van der Waals surface area contributed by atoms with Crippen molar-refractivity contribution in [1.29, 1.82) is 0 Å². The number of ether oxygens (including phenoxy) is 2. The van der Waals surface area contributed by atoms with Crippen molar-refractivity contribution in [3.63, 3.8) is 0 Å². The van der Waals surface area contributed by atoms with Gasteiger partial charge in [-0.1, -0.05) is 12.1 Å². The summed E-state index contributed by atoms with van der Waals surface area (Å²) < 4.78 is 23.6. The first-order valence-electron chi connectivity index (χ1n) is 9.15. The van der Waals surface area contributed by atoms with Gasteiger partial charge in [0.25, 0.3) is 11.7 Å². The van der Waals surface area contributed by atoms with Gasteiger partial charge in [-0.25, -0.2) is 4.39 Å². The van der Waals surface area contributed by atoms with Crippen LogP contribution in [-0.2, 0) is 14.3 Å². The average molecular weight is 399 g/mol. The second-order valence-electron chi connectivity index (χ2n) is 6.62. The molecule has 1 amide bonds. The highest BCUT2D eigenvalue weighted by Crippen LogP contribution is 2.40. The molecular weight excluding hydrogens is 377 g/mol. The molecule has 2 aromatic rings. The quantitative estimate of drug-likeness (QED) is 0.335. The Kier molecular flexibility index (Phi) is 6.29. The van der Waals surface area contributed by atoms with E-state index in [0.29, 0.717) is 24.3 Å². The number of methoxy groups -OCH3 is 2. The van der Waals surface area contributed by atoms with Gasteiger partial charge in [-0.05, 0) is 48.4 Å². The van der Waals surface area contributed by atoms with Gasteiger partial charge in [-0.15, -0.1) is 0 Å². The predicted molar refractivity (Wildman–Crippen MR) is 105 cm³/mol. The van der Waals surface area contributed by atoms with Crippen LogP contribution in [0.2, 0.25) is 0 Å². The monoisotopic (exact) mass is 399 g/mol. The standard InChI is InChI=1S/C22H22FNO5/c1-28-12-4-11-24-19(15-5-3-6-17(13-15)29-2)18(21(26)22(24)27)20(25)14-7-9-16(23)10-8-14/h3,5-10,13,19,25H,4,11-12H2,1-2H3/t19-/m0/s1. The van der Waals surface area contributed by atoms with Crippen molar-refractivity contribution in [2.75, 3.05) is 27.4 Å². The molecule has 0 radical (unpaired) electrons. The highest BCUT2D eigenvalue weighted by Gasteiger charge is 2.45. The summed E-state index contributed by atoms with van der Waals surface area (Å²) in [5.74, 6) is -1.72. The zero-order chi connectivity index (χ0) is 21.0. The molecule has 0 aromatic heterocycles. The van der Waals surface area contributed by atoms with Crippen LogP contribution in [0.3, 0.4) is 0 Å². The number of Topliss-reactive ketones (excluding diaryl/α,β-unsaturated/α-hetero) is 1. The number of ketones is 1. The van der Waals surface area contributed by atoms with Crippen LogP contribution >= 0.6 is 0 Å². The highest BCUT2D eigenvalue weighted by molar-refractivity contribution is 6.46. The molecular formula is C22H22FNO5. The Balaban J connectivity index is 2.12. The fourth-order valence-electron chi connectivity index (χ4n) is 3.41. The number of hydrogen-bond donors (Lipinski definition) is 1. The summed E-state index contributed by atoms with van der Waals surface area (Å²) in [6, 6.07) is 11.3. The van der Waals surface area contributed by atoms with E-state index < -0.39 is 23.5 Å². The first-order chi connectivity index (χ1) is 14.0. The fraction of sp³-hybridized carbons (Fsp3) is 0.273. The molecule has 1 aliphatic heterocycles. The third kappa shape index (κ3) is 4.14. The van der Waals surface area contributed by atoms with E-state index in [1.807, 2.05) is 0 Å². The Bertz CT molecular complexity index is 938. The van der Waals surface area contributed by atoms with E-state index in [1.165, 1.54) is 36.3 Å². The van der Waals surface area contributed by atoms with Crippen molar-refractivity contribution < 1.29 is 28.6 Å². The molecule has 0 saturated carbocycles. The number of aliphatic hydroxyl groups is 1. The van der Waals surface area contributed by atoms with E-state index in [9.17, 15) is 19.1 Å². The summed E-state index contributed by atoms with van der Waals surface area (Å²) in [6.45, 7) is 0.701. The van der Waals surface area contributed by atoms with E-state index in [2.05, 4.69) is 0 Å². The maximum atomic E-state index is 13.3. The van der Waals surface area contributed by atoms with Gasteiger partial charge in [0.15, 0.2) is 0 Å². The van der Waals surface area contributed by atoms with Crippen LogP contribution in [-0.4, -0.2) is 49.1 Å². The zero-order valence-corrected chi connectivity index (χ0v) is 16.2. The van der Waals surface area contributed by atoms with Crippen molar-refractivity contribution >= 4 is 17.4 Å². The lowest BCUT2D eigenvalue weighted by molar-refractivity contribution is -0.140. The first-order valence-corrected chi connectivity index (χ1v) is 9.15. The Hall–Kier alpha value is -3.19. The minimum Gasteiger partial charge on any atom is -0.507 e. The Labute approximate surface area is 168 Å². The van der Waals surface area contributed by atoms with Gasteiger partial charge in [0.1, 0.15) is 17.3 Å². The smallest absolute Gasteiger partial charge is 0.295 e. The number of nitrogens with zero attached hydrogens (tertiary/aromatic N) is 1. The summed E-state index contributed by atoms with van der Waals surface area (Å²) in [4.78, 5) is 27.0. The Morgan fingerprint density at radius 1 is 1.14 bits per heavy atom. The number of amides is 1. The fourth-order valence-corrected chi connectivity index (χ4v) is 3.41. The molecule has 6 nitrogen and oxygen atoms in total. The van der Waals surface area contributed by atoms with E-state index in [4.69, 9.17) is 9.47 Å². The van der Waals surface area contributed by atoms with E-state index in [1.54, 1.807) is 31.4 Å². The topological polar surface area (TPSA) is 76.1 Å². The van der Waals surface area contributed by atoms with Gasteiger partial charge in [0, 0.05) is 25.8 Å². The molecule has 1 fully saturated rings. The van der Waals surface area contributed by atoms with Gasteiger partial charge in [-0.3, -0.25) is 9.59 Å². The minimum atomic E-state index is -0.785. The number of aliphatic hydroxyl groups excluding tert-OH is 1. The number of likely N-dealkylation sites (tertiary alicyclic amines) is 1. The van der Waals surface area contributed by atoms with E-state index >= 15 is 0 Å². The molecule has 0 spiro atoms. The van der Waals surface area contributed by atoms with Crippen LogP contribution in [0.5, 0.6) is 5.75 Å². The first kappa shape index (κ1) is 20.5. The molecule has 1 saturated heterocycles. The maximum absolute atomic E-state index is 13.3. The maximum Gasteiger partial charge on any atom is 0.295 e. The minimum absolute atomic E-state index is 0.0349. The molecule has 1 heterocycles. The van der Waals surface area contributed by atoms with Crippen molar-refractivity contribution in [1.82, 2.24) is 4.90 Å². The Morgan fingerprint density at radius 3 is 2.52 bits per heavy atom. The van der Waals surface area contributed by atoms with Crippen LogP contribution in [0.4, 0.5) is 4.39 Å². The molecule has 152 valence electrons. The van der Waals surface area contributed by atoms with Crippen LogP contribution in [0.1, 0.15) is 23.6 Å². The van der Waals surface area contributed by atoms with Crippen molar-refractivity contribution in [2.24, 2.45) is 0 Å². The number of benzene rings is 2. The third-order valence-corrected chi connectivity index (χ3v) is 4.81. The Morgan fingerprint density at radius 2 is 1.86 bits per heavy atom. The SMILES string of the molecule is COCCCN1C(=O)C(=O)C(=C(O)c2ccc(F)cc2)[C@@H]1c1cccc(OC)c1. The van der Waals surface area contributed by atoms with Crippen molar-refractivity contribution in [3.8, 4) is 5.75 Å². The summed E-state index contributed by atoms with van der Waals surface area (Å²) in [7, 11) is 3.08. The van der Waals surface area contributed by atoms with Gasteiger partial charge in [-0.2, -0.15) is 0 Å². The van der Waals surface area contributed by atoms with Gasteiger partial charge in [0.05, 0.1) is 18.7 Å². The van der Waals surface area contributed by atoms with Gasteiger partial charge in [0.2, 0.25) is 0 Å².